The summed E-state index contributed by atoms with van der Waals surface area (Å²) >= 11 is 12.6. The number of benzene rings is 2. The Balaban J connectivity index is 1.96. The van der Waals surface area contributed by atoms with Crippen LogP contribution in [0.4, 0.5) is 18.9 Å². The van der Waals surface area contributed by atoms with Crippen LogP contribution in [-0.4, -0.2) is 18.1 Å². The molecular weight excluding hydrogens is 440 g/mol. The van der Waals surface area contributed by atoms with E-state index < -0.39 is 30.0 Å². The van der Waals surface area contributed by atoms with E-state index >= 15 is 0 Å². The fraction of sp³-hybridized carbons (Fsp3) is 0.200. The molecule has 4 rings (SSSR count). The maximum absolute atomic E-state index is 14.0. The van der Waals surface area contributed by atoms with Gasteiger partial charge in [-0.3, -0.25) is 0 Å². The first-order valence-corrected chi connectivity index (χ1v) is 9.50. The van der Waals surface area contributed by atoms with Gasteiger partial charge in [0.05, 0.1) is 17.2 Å². The molecule has 0 radical (unpaired) electrons. The van der Waals surface area contributed by atoms with Crippen LogP contribution >= 0.6 is 23.2 Å². The summed E-state index contributed by atoms with van der Waals surface area (Å²) in [5.41, 5.74) is 5.23. The van der Waals surface area contributed by atoms with Crippen molar-refractivity contribution in [3.63, 3.8) is 0 Å². The fourth-order valence-corrected chi connectivity index (χ4v) is 4.42. The number of fused-ring (bicyclic) bond motifs is 1. The van der Waals surface area contributed by atoms with E-state index in [0.717, 1.165) is 5.01 Å². The van der Waals surface area contributed by atoms with Crippen LogP contribution in [0, 0.1) is 17.2 Å². The van der Waals surface area contributed by atoms with Gasteiger partial charge in [0.2, 0.25) is 12.1 Å². The van der Waals surface area contributed by atoms with Gasteiger partial charge in [-0.15, -0.1) is 0 Å². The second-order valence-corrected chi connectivity index (χ2v) is 7.51. The molecule has 2 N–H and O–H groups in total. The third-order valence-electron chi connectivity index (χ3n) is 5.01. The van der Waals surface area contributed by atoms with Crippen molar-refractivity contribution in [1.82, 2.24) is 0 Å². The summed E-state index contributed by atoms with van der Waals surface area (Å²) in [7, 11) is 0. The lowest BCUT2D eigenvalue weighted by atomic mass is 9.76. The number of ether oxygens (including phenoxy) is 1. The molecule has 154 valence electrons. The molecule has 0 spiro atoms. The minimum absolute atomic E-state index is 0.119. The average Bonchev–Trinajstić information content (AvgIpc) is 3.08. The molecule has 0 fully saturated rings. The number of nitrogens with zero attached hydrogens (tertiary/aromatic N) is 3. The minimum Gasteiger partial charge on any atom is -0.452 e. The van der Waals surface area contributed by atoms with Gasteiger partial charge in [-0.1, -0.05) is 47.5 Å². The molecular formula is C20H13Cl2F3N4O. The van der Waals surface area contributed by atoms with Crippen molar-refractivity contribution in [2.75, 3.05) is 5.01 Å². The van der Waals surface area contributed by atoms with Gasteiger partial charge in [0.15, 0.2) is 5.71 Å². The van der Waals surface area contributed by atoms with E-state index in [1.807, 2.05) is 6.07 Å². The minimum atomic E-state index is -4.78. The van der Waals surface area contributed by atoms with Crippen LogP contribution in [0.15, 0.2) is 65.1 Å². The number of rotatable bonds is 2. The Morgan fingerprint density at radius 1 is 1.07 bits per heavy atom. The number of para-hydroxylation sites is 1. The summed E-state index contributed by atoms with van der Waals surface area (Å²) in [6.07, 6.45) is -6.02. The van der Waals surface area contributed by atoms with Gasteiger partial charge in [-0.05, 0) is 29.8 Å². The van der Waals surface area contributed by atoms with E-state index in [1.54, 1.807) is 36.4 Å². The first kappa shape index (κ1) is 20.4. The predicted molar refractivity (Wildman–Crippen MR) is 107 cm³/mol. The summed E-state index contributed by atoms with van der Waals surface area (Å²) in [5.74, 6) is -2.90. The predicted octanol–water partition coefficient (Wildman–Crippen LogP) is 5.18. The lowest BCUT2D eigenvalue weighted by Gasteiger charge is -2.38. The highest BCUT2D eigenvalue weighted by atomic mass is 35.5. The molecule has 0 unspecified atom stereocenters. The van der Waals surface area contributed by atoms with Crippen molar-refractivity contribution in [1.29, 1.82) is 5.26 Å². The van der Waals surface area contributed by atoms with Crippen LogP contribution in [0.3, 0.4) is 0 Å². The summed E-state index contributed by atoms with van der Waals surface area (Å²) < 4.78 is 47.7. The molecule has 0 saturated heterocycles. The van der Waals surface area contributed by atoms with E-state index in [0.29, 0.717) is 5.69 Å². The highest BCUT2D eigenvalue weighted by molar-refractivity contribution is 6.36. The van der Waals surface area contributed by atoms with Crippen molar-refractivity contribution in [2.24, 2.45) is 16.8 Å². The van der Waals surface area contributed by atoms with E-state index in [9.17, 15) is 18.4 Å². The van der Waals surface area contributed by atoms with E-state index in [1.165, 1.54) is 12.1 Å². The van der Waals surface area contributed by atoms with Crippen molar-refractivity contribution >= 4 is 34.6 Å². The first-order chi connectivity index (χ1) is 14.2. The van der Waals surface area contributed by atoms with E-state index in [4.69, 9.17) is 33.7 Å². The maximum atomic E-state index is 14.0. The number of halogens is 5. The van der Waals surface area contributed by atoms with Gasteiger partial charge in [-0.2, -0.15) is 23.5 Å². The standard InChI is InChI=1S/C20H13Cl2F3N4O/c21-12-7-4-8-13(22)15(12)14-11(9-26)18(27)30-19-16(14)17(20(23,24)25)28-29(19)10-5-2-1-3-6-10/h1-8,14,16,19H,27H2/t14-,16+,19+/m0/s1. The Kier molecular flexibility index (Phi) is 5.04. The zero-order valence-electron chi connectivity index (χ0n) is 15.1. The van der Waals surface area contributed by atoms with E-state index in [2.05, 4.69) is 5.10 Å². The summed E-state index contributed by atoms with van der Waals surface area (Å²) in [6, 6.07) is 14.7. The number of nitriles is 1. The van der Waals surface area contributed by atoms with Crippen LogP contribution in [0.2, 0.25) is 10.0 Å². The number of anilines is 1. The molecule has 2 aliphatic rings. The fourth-order valence-electron chi connectivity index (χ4n) is 3.79. The van der Waals surface area contributed by atoms with Crippen LogP contribution < -0.4 is 10.7 Å². The molecule has 2 aliphatic heterocycles. The Labute approximate surface area is 179 Å². The monoisotopic (exact) mass is 452 g/mol. The molecule has 0 aromatic heterocycles. The molecule has 5 nitrogen and oxygen atoms in total. The normalized spacial score (nSPS) is 23.5. The quantitative estimate of drug-likeness (QED) is 0.680. The van der Waals surface area contributed by atoms with Crippen molar-refractivity contribution < 1.29 is 17.9 Å². The zero-order valence-corrected chi connectivity index (χ0v) is 16.6. The number of allylic oxidation sites excluding steroid dienone is 1. The second kappa shape index (κ2) is 7.42. The molecule has 0 bridgehead atoms. The average molecular weight is 453 g/mol. The van der Waals surface area contributed by atoms with Gasteiger partial charge >= 0.3 is 6.18 Å². The van der Waals surface area contributed by atoms with Gasteiger partial charge < -0.3 is 10.5 Å². The Bertz CT molecular complexity index is 1080. The topological polar surface area (TPSA) is 74.6 Å². The van der Waals surface area contributed by atoms with Gasteiger partial charge in [0, 0.05) is 16.0 Å². The van der Waals surface area contributed by atoms with Crippen LogP contribution in [0.25, 0.3) is 0 Å². The molecule has 10 heteroatoms. The first-order valence-electron chi connectivity index (χ1n) is 8.74. The van der Waals surface area contributed by atoms with Gasteiger partial charge in [0.1, 0.15) is 6.07 Å². The van der Waals surface area contributed by atoms with Crippen LogP contribution in [-0.2, 0) is 4.74 Å². The Morgan fingerprint density at radius 3 is 2.27 bits per heavy atom. The summed E-state index contributed by atoms with van der Waals surface area (Å²) in [5, 5.41) is 14.9. The number of hydrazone groups is 1. The second-order valence-electron chi connectivity index (χ2n) is 6.70. The maximum Gasteiger partial charge on any atom is 0.431 e. The summed E-state index contributed by atoms with van der Waals surface area (Å²) in [6.45, 7) is 0. The summed E-state index contributed by atoms with van der Waals surface area (Å²) in [4.78, 5) is 0. The molecule has 0 aliphatic carbocycles. The number of hydrogen-bond donors (Lipinski definition) is 1. The molecule has 3 atom stereocenters. The van der Waals surface area contributed by atoms with Crippen molar-refractivity contribution in [3.05, 3.63) is 75.6 Å². The van der Waals surface area contributed by atoms with Crippen LogP contribution in [0.5, 0.6) is 0 Å². The SMILES string of the molecule is N#CC1=C(N)O[C@@H]2[C@@H](C(C(F)(F)F)=NN2c2ccccc2)[C@@H]1c1c(Cl)cccc1Cl. The highest BCUT2D eigenvalue weighted by Crippen LogP contribution is 2.51. The number of nitrogens with two attached hydrogens (primary N) is 1. The third kappa shape index (κ3) is 3.24. The smallest absolute Gasteiger partial charge is 0.431 e. The van der Waals surface area contributed by atoms with Crippen molar-refractivity contribution in [2.45, 2.75) is 18.3 Å². The molecule has 0 saturated carbocycles. The van der Waals surface area contributed by atoms with Gasteiger partial charge in [-0.25, -0.2) is 5.01 Å². The number of alkyl halides is 3. The molecule has 2 aromatic carbocycles. The molecule has 0 amide bonds. The third-order valence-corrected chi connectivity index (χ3v) is 5.66. The molecule has 2 heterocycles. The Morgan fingerprint density at radius 2 is 1.70 bits per heavy atom. The molecule has 2 aromatic rings. The lowest BCUT2D eigenvalue weighted by molar-refractivity contribution is -0.0658. The molecule has 30 heavy (non-hydrogen) atoms. The lowest BCUT2D eigenvalue weighted by Crippen LogP contribution is -2.46. The van der Waals surface area contributed by atoms with Crippen molar-refractivity contribution in [3.8, 4) is 6.07 Å². The van der Waals surface area contributed by atoms with E-state index in [-0.39, 0.29) is 27.1 Å². The number of hydrogen-bond acceptors (Lipinski definition) is 5. The largest absolute Gasteiger partial charge is 0.452 e. The zero-order chi connectivity index (χ0) is 21.6. The van der Waals surface area contributed by atoms with Crippen LogP contribution in [0.1, 0.15) is 11.5 Å². The Hall–Kier alpha value is -2.89. The van der Waals surface area contributed by atoms with Gasteiger partial charge in [0.25, 0.3) is 0 Å². The highest BCUT2D eigenvalue weighted by Gasteiger charge is 2.58.